The first-order chi connectivity index (χ1) is 15.1. The summed E-state index contributed by atoms with van der Waals surface area (Å²) in [6, 6.07) is 13.9. The number of piperidine rings is 1. The third-order valence-electron chi connectivity index (χ3n) is 5.98. The standard InChI is InChI=1S/C23H24BrN3O4/c24-19-12-18-6-9-27(21(18)25-13-19)20-15-30-23(31-16-20)7-10-26(11-8-23)22(28)29-14-17-4-2-1-3-5-17/h1-6,9,12-13,20H,7-8,10-11,14-16H2. The van der Waals surface area contributed by atoms with Crippen LogP contribution in [0.1, 0.15) is 24.4 Å². The molecule has 0 N–H and O–H groups in total. The fourth-order valence-corrected chi connectivity index (χ4v) is 4.54. The molecule has 2 fully saturated rings. The molecule has 5 rings (SSSR count). The zero-order valence-corrected chi connectivity index (χ0v) is 18.7. The number of carbonyl (C=O) groups is 1. The molecule has 0 saturated carbocycles. The molecule has 162 valence electrons. The monoisotopic (exact) mass is 485 g/mol. The van der Waals surface area contributed by atoms with Gasteiger partial charge in [0.1, 0.15) is 12.3 Å². The topological polar surface area (TPSA) is 65.8 Å². The minimum absolute atomic E-state index is 0.0747. The van der Waals surface area contributed by atoms with Crippen LogP contribution in [0.5, 0.6) is 0 Å². The Hall–Kier alpha value is -2.42. The van der Waals surface area contributed by atoms with E-state index in [1.54, 1.807) is 11.1 Å². The van der Waals surface area contributed by atoms with E-state index < -0.39 is 5.79 Å². The highest BCUT2D eigenvalue weighted by Crippen LogP contribution is 2.35. The Labute approximate surface area is 189 Å². The maximum atomic E-state index is 12.4. The quantitative estimate of drug-likeness (QED) is 0.545. The molecule has 7 nitrogen and oxygen atoms in total. The first kappa shape index (κ1) is 20.5. The number of benzene rings is 1. The fraction of sp³-hybridized carbons (Fsp3) is 0.391. The van der Waals surface area contributed by atoms with Gasteiger partial charge in [-0.15, -0.1) is 0 Å². The predicted octanol–water partition coefficient (Wildman–Crippen LogP) is 4.52. The normalized spacial score (nSPS) is 19.1. The van der Waals surface area contributed by atoms with Crippen molar-refractivity contribution in [1.29, 1.82) is 0 Å². The van der Waals surface area contributed by atoms with Crippen molar-refractivity contribution >= 4 is 33.1 Å². The summed E-state index contributed by atoms with van der Waals surface area (Å²) < 4.78 is 21.0. The lowest BCUT2D eigenvalue weighted by Gasteiger charge is -2.45. The summed E-state index contributed by atoms with van der Waals surface area (Å²) >= 11 is 3.46. The summed E-state index contributed by atoms with van der Waals surface area (Å²) in [5, 5.41) is 1.08. The molecule has 1 spiro atoms. The van der Waals surface area contributed by atoms with E-state index in [4.69, 9.17) is 14.2 Å². The first-order valence-corrected chi connectivity index (χ1v) is 11.3. The van der Waals surface area contributed by atoms with Crippen molar-refractivity contribution in [2.45, 2.75) is 31.3 Å². The average Bonchev–Trinajstić information content (AvgIpc) is 3.22. The summed E-state index contributed by atoms with van der Waals surface area (Å²) in [7, 11) is 0. The molecule has 2 saturated heterocycles. The Morgan fingerprint density at radius 3 is 2.65 bits per heavy atom. The van der Waals surface area contributed by atoms with Gasteiger partial charge in [0, 0.05) is 48.2 Å². The Kier molecular flexibility index (Phi) is 5.69. The lowest BCUT2D eigenvalue weighted by molar-refractivity contribution is -0.293. The van der Waals surface area contributed by atoms with E-state index in [9.17, 15) is 4.79 Å². The lowest BCUT2D eigenvalue weighted by atomic mass is 10.0. The van der Waals surface area contributed by atoms with E-state index in [-0.39, 0.29) is 18.7 Å². The molecule has 0 bridgehead atoms. The highest BCUT2D eigenvalue weighted by Gasteiger charge is 2.42. The van der Waals surface area contributed by atoms with Gasteiger partial charge in [0.2, 0.25) is 0 Å². The smallest absolute Gasteiger partial charge is 0.410 e. The summed E-state index contributed by atoms with van der Waals surface area (Å²) in [6.45, 7) is 2.51. The number of fused-ring (bicyclic) bond motifs is 1. The second kappa shape index (κ2) is 8.61. The maximum absolute atomic E-state index is 12.4. The van der Waals surface area contributed by atoms with Crippen LogP contribution in [0, 0.1) is 0 Å². The minimum atomic E-state index is -0.619. The number of pyridine rings is 1. The molecule has 0 radical (unpaired) electrons. The minimum Gasteiger partial charge on any atom is -0.445 e. The van der Waals surface area contributed by atoms with Crippen LogP contribution in [0.4, 0.5) is 4.79 Å². The van der Waals surface area contributed by atoms with Crippen LogP contribution in [0.15, 0.2) is 59.3 Å². The largest absolute Gasteiger partial charge is 0.445 e. The van der Waals surface area contributed by atoms with Gasteiger partial charge in [-0.25, -0.2) is 9.78 Å². The number of rotatable bonds is 3. The highest BCUT2D eigenvalue weighted by atomic mass is 79.9. The van der Waals surface area contributed by atoms with Crippen molar-refractivity contribution in [3.05, 3.63) is 64.9 Å². The molecule has 1 amide bonds. The summed E-state index contributed by atoms with van der Waals surface area (Å²) in [4.78, 5) is 18.7. The average molecular weight is 486 g/mol. The number of carbonyl (C=O) groups excluding carboxylic acids is 1. The number of hydrogen-bond donors (Lipinski definition) is 0. The Morgan fingerprint density at radius 1 is 1.16 bits per heavy atom. The molecular formula is C23H24BrN3O4. The molecule has 4 heterocycles. The number of hydrogen-bond acceptors (Lipinski definition) is 5. The number of aromatic nitrogens is 2. The van der Waals surface area contributed by atoms with Crippen LogP contribution in [0.3, 0.4) is 0 Å². The highest BCUT2D eigenvalue weighted by molar-refractivity contribution is 9.10. The van der Waals surface area contributed by atoms with Crippen molar-refractivity contribution in [1.82, 2.24) is 14.5 Å². The van der Waals surface area contributed by atoms with E-state index in [0.717, 1.165) is 21.1 Å². The van der Waals surface area contributed by atoms with Crippen molar-refractivity contribution in [3.8, 4) is 0 Å². The van der Waals surface area contributed by atoms with E-state index in [0.29, 0.717) is 39.1 Å². The number of ether oxygens (including phenoxy) is 3. The van der Waals surface area contributed by atoms with Crippen LogP contribution in [0.25, 0.3) is 11.0 Å². The second-order valence-corrected chi connectivity index (χ2v) is 8.92. The van der Waals surface area contributed by atoms with Crippen molar-refractivity contribution in [3.63, 3.8) is 0 Å². The molecule has 2 aromatic heterocycles. The molecule has 3 aromatic rings. The summed E-state index contributed by atoms with van der Waals surface area (Å²) in [5.74, 6) is -0.619. The molecule has 0 atom stereocenters. The first-order valence-electron chi connectivity index (χ1n) is 10.5. The lowest BCUT2D eigenvalue weighted by Crippen LogP contribution is -2.53. The van der Waals surface area contributed by atoms with E-state index in [2.05, 4.69) is 37.6 Å². The molecule has 2 aliphatic rings. The molecular weight excluding hydrogens is 462 g/mol. The van der Waals surface area contributed by atoms with Gasteiger partial charge in [-0.2, -0.15) is 0 Å². The van der Waals surface area contributed by atoms with Crippen molar-refractivity contribution in [2.24, 2.45) is 0 Å². The number of halogens is 1. The van der Waals surface area contributed by atoms with Gasteiger partial charge < -0.3 is 23.7 Å². The Balaban J connectivity index is 1.14. The number of amides is 1. The fourth-order valence-electron chi connectivity index (χ4n) is 4.19. The van der Waals surface area contributed by atoms with Gasteiger partial charge in [-0.3, -0.25) is 0 Å². The van der Waals surface area contributed by atoms with Gasteiger partial charge in [-0.05, 0) is 33.6 Å². The van der Waals surface area contributed by atoms with Crippen molar-refractivity contribution < 1.29 is 19.0 Å². The van der Waals surface area contributed by atoms with E-state index in [1.165, 1.54) is 0 Å². The van der Waals surface area contributed by atoms with E-state index in [1.807, 2.05) is 36.5 Å². The molecule has 31 heavy (non-hydrogen) atoms. The van der Waals surface area contributed by atoms with Gasteiger partial charge >= 0.3 is 6.09 Å². The van der Waals surface area contributed by atoms with Gasteiger partial charge in [0.25, 0.3) is 0 Å². The van der Waals surface area contributed by atoms with Gasteiger partial charge in [0.15, 0.2) is 5.79 Å². The van der Waals surface area contributed by atoms with Crippen molar-refractivity contribution in [2.75, 3.05) is 26.3 Å². The molecule has 1 aromatic carbocycles. The Bertz CT molecular complexity index is 1050. The zero-order chi connectivity index (χ0) is 21.3. The van der Waals surface area contributed by atoms with Crippen LogP contribution < -0.4 is 0 Å². The summed E-state index contributed by atoms with van der Waals surface area (Å²) in [6.07, 6.45) is 4.82. The Morgan fingerprint density at radius 2 is 1.90 bits per heavy atom. The molecule has 8 heteroatoms. The van der Waals surface area contributed by atoms with Crippen LogP contribution in [-0.2, 0) is 20.8 Å². The number of likely N-dealkylation sites (tertiary alicyclic amines) is 1. The van der Waals surface area contributed by atoms with Crippen LogP contribution in [-0.4, -0.2) is 52.6 Å². The SMILES string of the molecule is O=C(OCc1ccccc1)N1CCC2(CC1)OCC(n1ccc3cc(Br)cnc31)CO2. The third kappa shape index (κ3) is 4.33. The zero-order valence-electron chi connectivity index (χ0n) is 17.1. The maximum Gasteiger partial charge on any atom is 0.410 e. The summed E-state index contributed by atoms with van der Waals surface area (Å²) in [5.41, 5.74) is 1.90. The van der Waals surface area contributed by atoms with Crippen LogP contribution >= 0.6 is 15.9 Å². The molecule has 0 aliphatic carbocycles. The number of nitrogens with zero attached hydrogens (tertiary/aromatic N) is 3. The molecule has 0 unspecified atom stereocenters. The van der Waals surface area contributed by atoms with Crippen LogP contribution in [0.2, 0.25) is 0 Å². The second-order valence-electron chi connectivity index (χ2n) is 8.00. The van der Waals surface area contributed by atoms with Gasteiger partial charge in [-0.1, -0.05) is 30.3 Å². The third-order valence-corrected chi connectivity index (χ3v) is 6.41. The van der Waals surface area contributed by atoms with E-state index >= 15 is 0 Å². The molecule has 2 aliphatic heterocycles. The predicted molar refractivity (Wildman–Crippen MR) is 119 cm³/mol. The van der Waals surface area contributed by atoms with Gasteiger partial charge in [0.05, 0.1) is 19.3 Å².